The fourth-order valence-electron chi connectivity index (χ4n) is 1.64. The summed E-state index contributed by atoms with van der Waals surface area (Å²) in [6.07, 6.45) is 1.52. The standard InChI is InChI=1S/C14H11F2NO2/c1-19-14-3-2-9(8-17-14)4-13(18)10-5-11(15)7-12(16)6-10/h2-3,5-8H,4H2,1H3. The SMILES string of the molecule is COc1ccc(CC(=O)c2cc(F)cc(F)c2)cn1. The normalized spacial score (nSPS) is 10.3. The molecule has 0 saturated heterocycles. The van der Waals surface area contributed by atoms with Crippen LogP contribution in [0.2, 0.25) is 0 Å². The van der Waals surface area contributed by atoms with Crippen LogP contribution >= 0.6 is 0 Å². The lowest BCUT2D eigenvalue weighted by Crippen LogP contribution is -2.05. The Kier molecular flexibility index (Phi) is 3.85. The first-order valence-electron chi connectivity index (χ1n) is 5.56. The van der Waals surface area contributed by atoms with Crippen LogP contribution in [0.1, 0.15) is 15.9 Å². The zero-order valence-electron chi connectivity index (χ0n) is 10.2. The Morgan fingerprint density at radius 1 is 1.21 bits per heavy atom. The van der Waals surface area contributed by atoms with E-state index in [9.17, 15) is 13.6 Å². The van der Waals surface area contributed by atoms with Crippen molar-refractivity contribution < 1.29 is 18.3 Å². The topological polar surface area (TPSA) is 39.2 Å². The molecule has 0 aliphatic rings. The van der Waals surface area contributed by atoms with E-state index in [1.165, 1.54) is 13.3 Å². The van der Waals surface area contributed by atoms with Crippen molar-refractivity contribution in [2.45, 2.75) is 6.42 Å². The highest BCUT2D eigenvalue weighted by Crippen LogP contribution is 2.13. The third kappa shape index (κ3) is 3.34. The molecule has 0 N–H and O–H groups in total. The Morgan fingerprint density at radius 3 is 2.42 bits per heavy atom. The number of Topliss-reactive ketones (excluding diaryl/α,β-unsaturated/α-hetero) is 1. The van der Waals surface area contributed by atoms with Gasteiger partial charge in [0.05, 0.1) is 7.11 Å². The number of halogens is 2. The fourth-order valence-corrected chi connectivity index (χ4v) is 1.64. The van der Waals surface area contributed by atoms with E-state index in [2.05, 4.69) is 4.98 Å². The van der Waals surface area contributed by atoms with E-state index in [1.54, 1.807) is 12.1 Å². The minimum Gasteiger partial charge on any atom is -0.481 e. The first-order chi connectivity index (χ1) is 9.08. The Hall–Kier alpha value is -2.30. The Balaban J connectivity index is 2.15. The number of carbonyl (C=O) groups is 1. The summed E-state index contributed by atoms with van der Waals surface area (Å²) in [7, 11) is 1.49. The summed E-state index contributed by atoms with van der Waals surface area (Å²) in [5.41, 5.74) is 0.656. The minimum atomic E-state index is -0.767. The Morgan fingerprint density at radius 2 is 1.89 bits per heavy atom. The maximum absolute atomic E-state index is 13.0. The second-order valence-corrected chi connectivity index (χ2v) is 3.97. The van der Waals surface area contributed by atoms with E-state index in [0.29, 0.717) is 11.4 Å². The van der Waals surface area contributed by atoms with Gasteiger partial charge in [0.15, 0.2) is 5.78 Å². The van der Waals surface area contributed by atoms with Crippen LogP contribution in [0.3, 0.4) is 0 Å². The highest BCUT2D eigenvalue weighted by molar-refractivity contribution is 5.97. The Labute approximate surface area is 108 Å². The highest BCUT2D eigenvalue weighted by Gasteiger charge is 2.10. The lowest BCUT2D eigenvalue weighted by Gasteiger charge is -2.03. The molecular formula is C14H11F2NO2. The number of ether oxygens (including phenoxy) is 1. The second kappa shape index (κ2) is 5.56. The smallest absolute Gasteiger partial charge is 0.212 e. The predicted octanol–water partition coefficient (Wildman–Crippen LogP) is 2.79. The summed E-state index contributed by atoms with van der Waals surface area (Å²) in [5, 5.41) is 0. The van der Waals surface area contributed by atoms with E-state index in [0.717, 1.165) is 18.2 Å². The molecule has 0 unspecified atom stereocenters. The maximum atomic E-state index is 13.0. The van der Waals surface area contributed by atoms with E-state index in [4.69, 9.17) is 4.74 Å². The van der Waals surface area contributed by atoms with Crippen LogP contribution in [0.5, 0.6) is 5.88 Å². The molecule has 0 aliphatic heterocycles. The molecule has 0 radical (unpaired) electrons. The first-order valence-corrected chi connectivity index (χ1v) is 5.56. The quantitative estimate of drug-likeness (QED) is 0.796. The van der Waals surface area contributed by atoms with E-state index < -0.39 is 11.6 Å². The molecule has 3 nitrogen and oxygen atoms in total. The number of pyridine rings is 1. The van der Waals surface area contributed by atoms with Gasteiger partial charge in [-0.25, -0.2) is 13.8 Å². The van der Waals surface area contributed by atoms with Crippen LogP contribution in [0.4, 0.5) is 8.78 Å². The van der Waals surface area contributed by atoms with Gasteiger partial charge in [0.25, 0.3) is 0 Å². The summed E-state index contributed by atoms with van der Waals surface area (Å²) in [5.74, 6) is -1.47. The van der Waals surface area contributed by atoms with Crippen LogP contribution in [-0.4, -0.2) is 17.9 Å². The van der Waals surface area contributed by atoms with Gasteiger partial charge in [-0.2, -0.15) is 0 Å². The number of carbonyl (C=O) groups excluding carboxylic acids is 1. The lowest BCUT2D eigenvalue weighted by atomic mass is 10.0. The van der Waals surface area contributed by atoms with Crippen molar-refractivity contribution in [3.63, 3.8) is 0 Å². The van der Waals surface area contributed by atoms with Crippen LogP contribution in [0.15, 0.2) is 36.5 Å². The minimum absolute atomic E-state index is 0.00770. The van der Waals surface area contributed by atoms with E-state index in [-0.39, 0.29) is 17.8 Å². The number of aromatic nitrogens is 1. The molecule has 1 aromatic carbocycles. The number of methoxy groups -OCH3 is 1. The van der Waals surface area contributed by atoms with Crippen molar-refractivity contribution in [1.29, 1.82) is 0 Å². The first kappa shape index (κ1) is 13.1. The maximum Gasteiger partial charge on any atom is 0.212 e. The van der Waals surface area contributed by atoms with Gasteiger partial charge >= 0.3 is 0 Å². The summed E-state index contributed by atoms with van der Waals surface area (Å²) < 4.78 is 30.9. The molecule has 1 heterocycles. The van der Waals surface area contributed by atoms with Crippen LogP contribution < -0.4 is 4.74 Å². The monoisotopic (exact) mass is 263 g/mol. The van der Waals surface area contributed by atoms with Gasteiger partial charge in [-0.05, 0) is 17.7 Å². The number of benzene rings is 1. The third-order valence-electron chi connectivity index (χ3n) is 2.56. The lowest BCUT2D eigenvalue weighted by molar-refractivity contribution is 0.0992. The van der Waals surface area contributed by atoms with Crippen molar-refractivity contribution in [3.8, 4) is 5.88 Å². The van der Waals surface area contributed by atoms with Gasteiger partial charge in [0.1, 0.15) is 11.6 Å². The van der Waals surface area contributed by atoms with Crippen molar-refractivity contribution >= 4 is 5.78 Å². The molecule has 0 saturated carbocycles. The Bertz CT molecular complexity index is 577. The summed E-state index contributed by atoms with van der Waals surface area (Å²) in [4.78, 5) is 15.8. The number of hydrogen-bond acceptors (Lipinski definition) is 3. The zero-order valence-corrected chi connectivity index (χ0v) is 10.2. The van der Waals surface area contributed by atoms with Crippen molar-refractivity contribution in [2.24, 2.45) is 0 Å². The molecule has 2 aromatic rings. The van der Waals surface area contributed by atoms with Gasteiger partial charge in [-0.15, -0.1) is 0 Å². The average Bonchev–Trinajstić information content (AvgIpc) is 2.38. The second-order valence-electron chi connectivity index (χ2n) is 3.97. The number of hydrogen-bond donors (Lipinski definition) is 0. The average molecular weight is 263 g/mol. The summed E-state index contributed by atoms with van der Waals surface area (Å²) in [6.45, 7) is 0. The number of ketones is 1. The summed E-state index contributed by atoms with van der Waals surface area (Å²) in [6, 6.07) is 6.06. The van der Waals surface area contributed by atoms with Gasteiger partial charge in [-0.1, -0.05) is 6.07 Å². The predicted molar refractivity (Wildman–Crippen MR) is 65.2 cm³/mol. The number of nitrogens with zero attached hydrogens (tertiary/aromatic N) is 1. The molecule has 1 aromatic heterocycles. The molecule has 2 rings (SSSR count). The molecule has 0 amide bonds. The van der Waals surface area contributed by atoms with Gasteiger partial charge in [-0.3, -0.25) is 4.79 Å². The van der Waals surface area contributed by atoms with Crippen molar-refractivity contribution in [3.05, 3.63) is 59.3 Å². The van der Waals surface area contributed by atoms with E-state index >= 15 is 0 Å². The molecule has 98 valence electrons. The third-order valence-corrected chi connectivity index (χ3v) is 2.56. The van der Waals surface area contributed by atoms with Gasteiger partial charge in [0, 0.05) is 30.3 Å². The molecule has 0 atom stereocenters. The molecule has 0 bridgehead atoms. The molecule has 0 aliphatic carbocycles. The molecule has 5 heteroatoms. The molecule has 0 spiro atoms. The van der Waals surface area contributed by atoms with Crippen molar-refractivity contribution in [1.82, 2.24) is 4.98 Å². The van der Waals surface area contributed by atoms with Crippen LogP contribution in [-0.2, 0) is 6.42 Å². The van der Waals surface area contributed by atoms with Gasteiger partial charge in [0.2, 0.25) is 5.88 Å². The molecule has 19 heavy (non-hydrogen) atoms. The fraction of sp³-hybridized carbons (Fsp3) is 0.143. The van der Waals surface area contributed by atoms with Crippen molar-refractivity contribution in [2.75, 3.05) is 7.11 Å². The zero-order chi connectivity index (χ0) is 13.8. The summed E-state index contributed by atoms with van der Waals surface area (Å²) >= 11 is 0. The molecule has 0 fully saturated rings. The van der Waals surface area contributed by atoms with Gasteiger partial charge < -0.3 is 4.74 Å². The molecular weight excluding hydrogens is 252 g/mol. The van der Waals surface area contributed by atoms with E-state index in [1.807, 2.05) is 0 Å². The number of rotatable bonds is 4. The van der Waals surface area contributed by atoms with Crippen LogP contribution in [0.25, 0.3) is 0 Å². The largest absolute Gasteiger partial charge is 0.481 e. The van der Waals surface area contributed by atoms with Crippen LogP contribution in [0, 0.1) is 11.6 Å². The highest BCUT2D eigenvalue weighted by atomic mass is 19.1.